The predicted molar refractivity (Wildman–Crippen MR) is 89.9 cm³/mol. The number of ether oxygens (including phenoxy) is 1. The molecule has 0 heterocycles. The molecule has 114 valence electrons. The summed E-state index contributed by atoms with van der Waals surface area (Å²) in [6.07, 6.45) is 5.95. The lowest BCUT2D eigenvalue weighted by atomic mass is 10.1. The highest BCUT2D eigenvalue weighted by Gasteiger charge is 2.28. The Morgan fingerprint density at radius 1 is 1.23 bits per heavy atom. The maximum atomic E-state index is 11.9. The fraction of sp³-hybridized carbons (Fsp3) is 0.316. The van der Waals surface area contributed by atoms with E-state index in [4.69, 9.17) is 4.74 Å². The number of nitrogens with one attached hydrogen (secondary N) is 1. The summed E-state index contributed by atoms with van der Waals surface area (Å²) in [4.78, 5) is 11.9. The highest BCUT2D eigenvalue weighted by atomic mass is 16.5. The quantitative estimate of drug-likeness (QED) is 0.853. The Kier molecular flexibility index (Phi) is 4.14. The Labute approximate surface area is 131 Å². The molecule has 1 amide bonds. The van der Waals surface area contributed by atoms with E-state index in [0.717, 1.165) is 22.1 Å². The number of rotatable bonds is 5. The van der Waals surface area contributed by atoms with E-state index >= 15 is 0 Å². The number of fused-ring (bicyclic) bond motifs is 1. The Morgan fingerprint density at radius 3 is 2.68 bits per heavy atom. The van der Waals surface area contributed by atoms with Crippen molar-refractivity contribution in [2.75, 3.05) is 7.11 Å². The lowest BCUT2D eigenvalue weighted by Gasteiger charge is -2.10. The predicted octanol–water partition coefficient (Wildman–Crippen LogP) is 3.78. The van der Waals surface area contributed by atoms with Crippen LogP contribution in [-0.4, -0.2) is 19.1 Å². The van der Waals surface area contributed by atoms with Gasteiger partial charge in [0.25, 0.3) is 0 Å². The molecule has 3 nitrogen and oxygen atoms in total. The fourth-order valence-electron chi connectivity index (χ4n) is 2.63. The summed E-state index contributed by atoms with van der Waals surface area (Å²) in [5.74, 6) is 1.51. The molecule has 0 aromatic heterocycles. The number of amides is 1. The van der Waals surface area contributed by atoms with Gasteiger partial charge in [0.15, 0.2) is 0 Å². The smallest absolute Gasteiger partial charge is 0.244 e. The minimum Gasteiger partial charge on any atom is -0.497 e. The molecule has 0 unspecified atom stereocenters. The van der Waals surface area contributed by atoms with E-state index in [2.05, 4.69) is 18.3 Å². The van der Waals surface area contributed by atoms with Gasteiger partial charge in [0.1, 0.15) is 5.75 Å². The molecule has 1 fully saturated rings. The number of carbonyl (C=O) groups is 1. The van der Waals surface area contributed by atoms with Crippen LogP contribution in [0.2, 0.25) is 0 Å². The van der Waals surface area contributed by atoms with E-state index in [1.165, 1.54) is 12.8 Å². The number of carbonyl (C=O) groups excluding carboxylic acids is 1. The first-order valence-corrected chi connectivity index (χ1v) is 7.72. The number of hydrogen-bond donors (Lipinski definition) is 1. The second kappa shape index (κ2) is 6.22. The molecule has 22 heavy (non-hydrogen) atoms. The largest absolute Gasteiger partial charge is 0.497 e. The lowest BCUT2D eigenvalue weighted by Crippen LogP contribution is -2.32. The van der Waals surface area contributed by atoms with Crippen molar-refractivity contribution in [1.29, 1.82) is 0 Å². The summed E-state index contributed by atoms with van der Waals surface area (Å²) in [6, 6.07) is 12.4. The SMILES string of the molecule is COc1ccc2cc(/C=C/C(=O)N[C@H](C)C3CC3)ccc2c1. The van der Waals surface area contributed by atoms with Crippen molar-refractivity contribution in [2.24, 2.45) is 5.92 Å². The second-order valence-electron chi connectivity index (χ2n) is 5.94. The van der Waals surface area contributed by atoms with Gasteiger partial charge in [0.05, 0.1) is 7.11 Å². The summed E-state index contributed by atoms with van der Waals surface area (Å²) in [7, 11) is 1.67. The molecular formula is C19H21NO2. The third kappa shape index (κ3) is 3.48. The summed E-state index contributed by atoms with van der Waals surface area (Å²) < 4.78 is 5.23. The van der Waals surface area contributed by atoms with Crippen molar-refractivity contribution in [3.05, 3.63) is 48.0 Å². The maximum absolute atomic E-state index is 11.9. The van der Waals surface area contributed by atoms with E-state index in [0.29, 0.717) is 5.92 Å². The zero-order chi connectivity index (χ0) is 15.5. The van der Waals surface area contributed by atoms with Gasteiger partial charge in [-0.2, -0.15) is 0 Å². The normalized spacial score (nSPS) is 15.9. The molecular weight excluding hydrogens is 274 g/mol. The minimum atomic E-state index is -0.0192. The first-order chi connectivity index (χ1) is 10.7. The Morgan fingerprint density at radius 2 is 1.95 bits per heavy atom. The van der Waals surface area contributed by atoms with Gasteiger partial charge >= 0.3 is 0 Å². The van der Waals surface area contributed by atoms with Gasteiger partial charge in [0.2, 0.25) is 5.91 Å². The Bertz CT molecular complexity index is 716. The van der Waals surface area contributed by atoms with Gasteiger partial charge in [-0.25, -0.2) is 0 Å². The molecule has 0 radical (unpaired) electrons. The van der Waals surface area contributed by atoms with Crippen LogP contribution in [0.15, 0.2) is 42.5 Å². The zero-order valence-corrected chi connectivity index (χ0v) is 13.0. The Balaban J connectivity index is 1.70. The average Bonchev–Trinajstić information content (AvgIpc) is 3.37. The molecule has 3 heteroatoms. The molecule has 1 N–H and O–H groups in total. The van der Waals surface area contributed by atoms with E-state index in [1.54, 1.807) is 13.2 Å². The fourth-order valence-corrected chi connectivity index (χ4v) is 2.63. The van der Waals surface area contributed by atoms with Crippen LogP contribution in [0.5, 0.6) is 5.75 Å². The summed E-state index contributed by atoms with van der Waals surface area (Å²) in [5.41, 5.74) is 1.02. The number of hydrogen-bond acceptors (Lipinski definition) is 2. The number of methoxy groups -OCH3 is 1. The van der Waals surface area contributed by atoms with Crippen molar-refractivity contribution >= 4 is 22.8 Å². The van der Waals surface area contributed by atoms with Crippen molar-refractivity contribution in [1.82, 2.24) is 5.32 Å². The molecule has 0 spiro atoms. The standard InChI is InChI=1S/C19H21NO2/c1-13(15-6-7-15)20-19(21)10-4-14-3-5-17-12-18(22-2)9-8-16(17)11-14/h3-5,8-13,15H,6-7H2,1-2H3,(H,20,21)/b10-4+/t13-/m1/s1. The molecule has 2 aromatic carbocycles. The molecule has 1 saturated carbocycles. The zero-order valence-electron chi connectivity index (χ0n) is 13.0. The molecule has 1 aliphatic rings. The first-order valence-electron chi connectivity index (χ1n) is 7.72. The average molecular weight is 295 g/mol. The third-order valence-corrected chi connectivity index (χ3v) is 4.20. The van der Waals surface area contributed by atoms with Crippen LogP contribution in [0.4, 0.5) is 0 Å². The lowest BCUT2D eigenvalue weighted by molar-refractivity contribution is -0.117. The van der Waals surface area contributed by atoms with Crippen LogP contribution < -0.4 is 10.1 Å². The third-order valence-electron chi connectivity index (χ3n) is 4.20. The molecule has 1 aliphatic carbocycles. The van der Waals surface area contributed by atoms with Crippen molar-refractivity contribution in [3.8, 4) is 5.75 Å². The van der Waals surface area contributed by atoms with Crippen LogP contribution in [0.1, 0.15) is 25.3 Å². The van der Waals surface area contributed by atoms with Crippen molar-refractivity contribution in [3.63, 3.8) is 0 Å². The summed E-state index contributed by atoms with van der Waals surface area (Å²) >= 11 is 0. The van der Waals surface area contributed by atoms with Gasteiger partial charge in [-0.15, -0.1) is 0 Å². The van der Waals surface area contributed by atoms with E-state index < -0.39 is 0 Å². The van der Waals surface area contributed by atoms with Crippen LogP contribution in [-0.2, 0) is 4.79 Å². The minimum absolute atomic E-state index is 0.0192. The van der Waals surface area contributed by atoms with E-state index in [-0.39, 0.29) is 11.9 Å². The molecule has 0 bridgehead atoms. The molecule has 1 atom stereocenters. The van der Waals surface area contributed by atoms with Gasteiger partial charge in [-0.3, -0.25) is 4.79 Å². The highest BCUT2D eigenvalue weighted by molar-refractivity contribution is 5.93. The summed E-state index contributed by atoms with van der Waals surface area (Å²) in [6.45, 7) is 2.08. The topological polar surface area (TPSA) is 38.3 Å². The number of benzene rings is 2. The Hall–Kier alpha value is -2.29. The van der Waals surface area contributed by atoms with Crippen molar-refractivity contribution in [2.45, 2.75) is 25.8 Å². The van der Waals surface area contributed by atoms with Crippen LogP contribution >= 0.6 is 0 Å². The maximum Gasteiger partial charge on any atom is 0.244 e. The molecule has 2 aromatic rings. The summed E-state index contributed by atoms with van der Waals surface area (Å²) in [5, 5.41) is 5.28. The van der Waals surface area contributed by atoms with Crippen LogP contribution in [0, 0.1) is 5.92 Å². The van der Waals surface area contributed by atoms with Gasteiger partial charge in [0, 0.05) is 12.1 Å². The monoisotopic (exact) mass is 295 g/mol. The van der Waals surface area contributed by atoms with Crippen LogP contribution in [0.3, 0.4) is 0 Å². The van der Waals surface area contributed by atoms with Gasteiger partial charge in [-0.05, 0) is 66.3 Å². The van der Waals surface area contributed by atoms with Crippen LogP contribution in [0.25, 0.3) is 16.8 Å². The second-order valence-corrected chi connectivity index (χ2v) is 5.94. The molecule has 0 saturated heterocycles. The van der Waals surface area contributed by atoms with Gasteiger partial charge < -0.3 is 10.1 Å². The van der Waals surface area contributed by atoms with E-state index in [9.17, 15) is 4.79 Å². The van der Waals surface area contributed by atoms with E-state index in [1.807, 2.05) is 36.4 Å². The van der Waals surface area contributed by atoms with Crippen molar-refractivity contribution < 1.29 is 9.53 Å². The molecule has 3 rings (SSSR count). The molecule has 0 aliphatic heterocycles. The first kappa shape index (κ1) is 14.6. The van der Waals surface area contributed by atoms with Gasteiger partial charge in [-0.1, -0.05) is 18.2 Å². The highest BCUT2D eigenvalue weighted by Crippen LogP contribution is 2.32.